The lowest BCUT2D eigenvalue weighted by molar-refractivity contribution is -0.0504. The van der Waals surface area contributed by atoms with Crippen LogP contribution in [0.5, 0.6) is 5.75 Å². The van der Waals surface area contributed by atoms with Gasteiger partial charge in [0.05, 0.1) is 0 Å². The lowest BCUT2D eigenvalue weighted by atomic mass is 10.1. The monoisotopic (exact) mass is 503 g/mol. The summed E-state index contributed by atoms with van der Waals surface area (Å²) in [6.45, 7) is 5.58. The number of aryl methyl sites for hydroxylation is 1. The minimum atomic E-state index is -2.87. The highest BCUT2D eigenvalue weighted by Gasteiger charge is 2.18. The Bertz CT molecular complexity index is 623. The molecule has 0 radical (unpaired) electrons. The number of nitrogens with zero attached hydrogens (tertiary/aromatic N) is 1. The summed E-state index contributed by atoms with van der Waals surface area (Å²) in [5.41, 5.74) is 1.56. The molecule has 2 N–H and O–H groups in total. The van der Waals surface area contributed by atoms with Crippen molar-refractivity contribution in [3.05, 3.63) is 29.3 Å². The lowest BCUT2D eigenvalue weighted by Gasteiger charge is -2.19. The number of hydrogen-bond acceptors (Lipinski definition) is 3. The van der Waals surface area contributed by atoms with Crippen LogP contribution < -0.4 is 15.4 Å². The first-order chi connectivity index (χ1) is 11.6. The molecule has 1 aromatic rings. The third-order valence-corrected chi connectivity index (χ3v) is 5.31. The molecule has 0 saturated carbocycles. The van der Waals surface area contributed by atoms with E-state index in [1.54, 1.807) is 19.2 Å². The Labute approximate surface area is 173 Å². The zero-order chi connectivity index (χ0) is 19.0. The van der Waals surface area contributed by atoms with Crippen LogP contribution in [0.1, 0.15) is 31.9 Å². The van der Waals surface area contributed by atoms with Crippen LogP contribution in [0.2, 0.25) is 0 Å². The second-order valence-corrected chi connectivity index (χ2v) is 8.83. The Morgan fingerprint density at radius 3 is 2.50 bits per heavy atom. The summed E-state index contributed by atoms with van der Waals surface area (Å²) in [7, 11) is 0.656. The minimum absolute atomic E-state index is 0. The van der Waals surface area contributed by atoms with Crippen LogP contribution in [0.3, 0.4) is 0 Å². The van der Waals surface area contributed by atoms with Gasteiger partial charge in [-0.1, -0.05) is 17.7 Å². The van der Waals surface area contributed by atoms with Gasteiger partial charge in [-0.3, -0.25) is 9.20 Å². The number of benzene rings is 1. The van der Waals surface area contributed by atoms with Crippen LogP contribution in [-0.2, 0) is 17.3 Å². The van der Waals surface area contributed by atoms with Gasteiger partial charge in [-0.05, 0) is 33.8 Å². The van der Waals surface area contributed by atoms with E-state index in [9.17, 15) is 13.0 Å². The smallest absolute Gasteiger partial charge is 0.387 e. The molecule has 1 aromatic carbocycles. The molecular formula is C17H28F2IN3O2S. The van der Waals surface area contributed by atoms with E-state index in [1.165, 1.54) is 6.07 Å². The van der Waals surface area contributed by atoms with Gasteiger partial charge in [-0.2, -0.15) is 8.78 Å². The van der Waals surface area contributed by atoms with Gasteiger partial charge in [0.1, 0.15) is 5.75 Å². The van der Waals surface area contributed by atoms with Crippen molar-refractivity contribution in [3.8, 4) is 5.75 Å². The molecule has 1 rings (SSSR count). The van der Waals surface area contributed by atoms with Crippen LogP contribution >= 0.6 is 24.0 Å². The summed E-state index contributed by atoms with van der Waals surface area (Å²) in [4.78, 5) is 4.08. The van der Waals surface area contributed by atoms with Crippen LogP contribution in [0.4, 0.5) is 8.78 Å². The van der Waals surface area contributed by atoms with E-state index in [-0.39, 0.29) is 41.0 Å². The Kier molecular flexibility index (Phi) is 11.2. The van der Waals surface area contributed by atoms with Crippen LogP contribution in [-0.4, -0.2) is 40.9 Å². The molecule has 0 fully saturated rings. The summed E-state index contributed by atoms with van der Waals surface area (Å²) in [5, 5.41) is 6.13. The molecule has 0 bridgehead atoms. The number of alkyl halides is 2. The quantitative estimate of drug-likeness (QED) is 0.340. The SMILES string of the molecule is CN=C(NCCS(=O)C(C)(C)C)NCc1cc(C)ccc1OC(F)F.I. The van der Waals surface area contributed by atoms with Crippen LogP contribution in [0.15, 0.2) is 23.2 Å². The van der Waals surface area contributed by atoms with Gasteiger partial charge < -0.3 is 15.4 Å². The van der Waals surface area contributed by atoms with E-state index in [1.807, 2.05) is 27.7 Å². The van der Waals surface area contributed by atoms with Crippen molar-refractivity contribution in [3.63, 3.8) is 0 Å². The molecule has 0 aliphatic carbocycles. The molecule has 0 amide bonds. The lowest BCUT2D eigenvalue weighted by Crippen LogP contribution is -2.40. The Morgan fingerprint density at radius 2 is 1.96 bits per heavy atom. The first kappa shape index (κ1) is 25.0. The fourth-order valence-corrected chi connectivity index (χ4v) is 2.93. The standard InChI is InChI=1S/C17H27F2N3O2S.HI/c1-12-6-7-14(24-15(18)19)13(10-12)11-22-16(20-5)21-8-9-25(23)17(2,3)4;/h6-7,10,15H,8-9,11H2,1-5H3,(H2,20,21,22);1H. The van der Waals surface area contributed by atoms with E-state index in [0.29, 0.717) is 23.8 Å². The van der Waals surface area contributed by atoms with Gasteiger partial charge in [0, 0.05) is 47.0 Å². The van der Waals surface area contributed by atoms with Crippen molar-refractivity contribution in [2.75, 3.05) is 19.3 Å². The molecule has 1 atom stereocenters. The average molecular weight is 503 g/mol. The maximum absolute atomic E-state index is 12.5. The highest BCUT2D eigenvalue weighted by Crippen LogP contribution is 2.21. The van der Waals surface area contributed by atoms with Crippen molar-refractivity contribution in [1.82, 2.24) is 10.6 Å². The van der Waals surface area contributed by atoms with Crippen molar-refractivity contribution in [1.29, 1.82) is 0 Å². The third kappa shape index (κ3) is 9.11. The zero-order valence-electron chi connectivity index (χ0n) is 15.8. The molecule has 0 aromatic heterocycles. The van der Waals surface area contributed by atoms with Gasteiger partial charge in [0.25, 0.3) is 0 Å². The highest BCUT2D eigenvalue weighted by atomic mass is 127. The molecular weight excluding hydrogens is 475 g/mol. The maximum atomic E-state index is 12.5. The van der Waals surface area contributed by atoms with E-state index in [4.69, 9.17) is 0 Å². The molecule has 0 spiro atoms. The molecule has 0 aliphatic rings. The number of rotatable bonds is 7. The van der Waals surface area contributed by atoms with E-state index >= 15 is 0 Å². The summed E-state index contributed by atoms with van der Waals surface area (Å²) in [6, 6.07) is 5.03. The second-order valence-electron chi connectivity index (χ2n) is 6.50. The molecule has 1 unspecified atom stereocenters. The van der Waals surface area contributed by atoms with Gasteiger partial charge in [-0.25, -0.2) is 0 Å². The fourth-order valence-electron chi connectivity index (χ4n) is 2.03. The summed E-state index contributed by atoms with van der Waals surface area (Å²) >= 11 is 0. The first-order valence-electron chi connectivity index (χ1n) is 8.01. The summed E-state index contributed by atoms with van der Waals surface area (Å²) in [6.07, 6.45) is 0. The second kappa shape index (κ2) is 11.7. The molecule has 0 aliphatic heterocycles. The molecule has 0 saturated heterocycles. The number of ether oxygens (including phenoxy) is 1. The maximum Gasteiger partial charge on any atom is 0.387 e. The average Bonchev–Trinajstić information content (AvgIpc) is 2.51. The van der Waals surface area contributed by atoms with Gasteiger partial charge in [0.15, 0.2) is 5.96 Å². The summed E-state index contributed by atoms with van der Waals surface area (Å²) in [5.74, 6) is 1.14. The van der Waals surface area contributed by atoms with Crippen molar-refractivity contribution < 1.29 is 17.7 Å². The van der Waals surface area contributed by atoms with Gasteiger partial charge in [-0.15, -0.1) is 24.0 Å². The number of nitrogens with one attached hydrogen (secondary N) is 2. The van der Waals surface area contributed by atoms with E-state index < -0.39 is 17.4 Å². The highest BCUT2D eigenvalue weighted by molar-refractivity contribution is 14.0. The minimum Gasteiger partial charge on any atom is -0.434 e. The Balaban J connectivity index is 0.00000625. The molecule has 150 valence electrons. The molecule has 0 heterocycles. The number of hydrogen-bond donors (Lipinski definition) is 2. The molecule has 5 nitrogen and oxygen atoms in total. The van der Waals surface area contributed by atoms with Crippen molar-refractivity contribution in [2.24, 2.45) is 4.99 Å². The van der Waals surface area contributed by atoms with Crippen molar-refractivity contribution >= 4 is 40.7 Å². The number of aliphatic imine (C=N–C) groups is 1. The van der Waals surface area contributed by atoms with Crippen LogP contribution in [0.25, 0.3) is 0 Å². The van der Waals surface area contributed by atoms with E-state index in [2.05, 4.69) is 20.4 Å². The topological polar surface area (TPSA) is 62.7 Å². The van der Waals surface area contributed by atoms with E-state index in [0.717, 1.165) is 5.56 Å². The predicted octanol–water partition coefficient (Wildman–Crippen LogP) is 3.43. The van der Waals surface area contributed by atoms with Crippen molar-refractivity contribution in [2.45, 2.75) is 45.6 Å². The normalized spacial score (nSPS) is 13.2. The Hall–Kier alpha value is -0.970. The largest absolute Gasteiger partial charge is 0.434 e. The molecule has 26 heavy (non-hydrogen) atoms. The number of guanidine groups is 1. The predicted molar refractivity (Wildman–Crippen MR) is 114 cm³/mol. The van der Waals surface area contributed by atoms with Crippen LogP contribution in [0, 0.1) is 6.92 Å². The van der Waals surface area contributed by atoms with Gasteiger partial charge >= 0.3 is 6.61 Å². The summed E-state index contributed by atoms with van der Waals surface area (Å²) < 4.78 is 41.3. The first-order valence-corrected chi connectivity index (χ1v) is 9.32. The Morgan fingerprint density at radius 1 is 1.31 bits per heavy atom. The number of halogens is 3. The molecule has 9 heteroatoms. The fraction of sp³-hybridized carbons (Fsp3) is 0.588. The zero-order valence-corrected chi connectivity index (χ0v) is 18.9. The van der Waals surface area contributed by atoms with Gasteiger partial charge in [0.2, 0.25) is 0 Å². The third-order valence-electron chi connectivity index (χ3n) is 3.36.